The van der Waals surface area contributed by atoms with Crippen LogP contribution in [0, 0.1) is 0 Å². The summed E-state index contributed by atoms with van der Waals surface area (Å²) in [5.74, 6) is -1.06. The van der Waals surface area contributed by atoms with Crippen molar-refractivity contribution < 1.29 is 9.59 Å². The number of rotatable bonds is 6. The van der Waals surface area contributed by atoms with Crippen LogP contribution in [0.3, 0.4) is 0 Å². The van der Waals surface area contributed by atoms with Gasteiger partial charge >= 0.3 is 0 Å². The van der Waals surface area contributed by atoms with Gasteiger partial charge < -0.3 is 5.32 Å². The smallest absolute Gasteiger partial charge is 0.272 e. The van der Waals surface area contributed by atoms with Gasteiger partial charge in [-0.2, -0.15) is 10.2 Å². The lowest BCUT2D eigenvalue weighted by atomic mass is 10.0. The summed E-state index contributed by atoms with van der Waals surface area (Å²) in [7, 11) is 0. The predicted octanol–water partition coefficient (Wildman–Crippen LogP) is 2.93. The highest BCUT2D eigenvalue weighted by Crippen LogP contribution is 2.20. The highest BCUT2D eigenvalue weighted by molar-refractivity contribution is 6.01. The molecular formula is C25H21N5O3. The summed E-state index contributed by atoms with van der Waals surface area (Å²) in [6, 6.07) is 23.5. The Morgan fingerprint density at radius 2 is 1.42 bits per heavy atom. The molecule has 4 rings (SSSR count). The normalized spacial score (nSPS) is 12.2. The fourth-order valence-corrected chi connectivity index (χ4v) is 3.37. The molecule has 1 atom stereocenters. The Kier molecular flexibility index (Phi) is 6.36. The molecule has 33 heavy (non-hydrogen) atoms. The number of hydrogen-bond acceptors (Lipinski definition) is 5. The number of H-pyrrole nitrogens is 1. The zero-order chi connectivity index (χ0) is 23.2. The van der Waals surface area contributed by atoms with Crippen LogP contribution in [-0.2, 0) is 4.79 Å². The Balaban J connectivity index is 1.70. The zero-order valence-electron chi connectivity index (χ0n) is 17.8. The molecule has 0 saturated heterocycles. The first-order valence-electron chi connectivity index (χ1n) is 10.3. The molecule has 2 amide bonds. The third-order valence-corrected chi connectivity index (χ3v) is 5.10. The molecule has 164 valence electrons. The van der Waals surface area contributed by atoms with E-state index in [2.05, 4.69) is 26.0 Å². The number of nitrogens with one attached hydrogen (secondary N) is 3. The van der Waals surface area contributed by atoms with Crippen molar-refractivity contribution in [2.24, 2.45) is 5.10 Å². The number of carbonyl (C=O) groups excluding carboxylic acids is 2. The van der Waals surface area contributed by atoms with E-state index in [0.29, 0.717) is 22.0 Å². The van der Waals surface area contributed by atoms with Gasteiger partial charge in [0.25, 0.3) is 17.4 Å². The van der Waals surface area contributed by atoms with Crippen LogP contribution >= 0.6 is 0 Å². The van der Waals surface area contributed by atoms with Gasteiger partial charge in [0.1, 0.15) is 5.69 Å². The number of hydrazone groups is 1. The molecule has 0 radical (unpaired) electrons. The highest BCUT2D eigenvalue weighted by atomic mass is 16.2. The SMILES string of the molecule is C/C(=N\NC(=O)C(NC(=O)c1ccccc1)c1n[nH]c(=O)c2ccccc12)c1ccccc1. The van der Waals surface area contributed by atoms with Gasteiger partial charge in [0, 0.05) is 10.9 Å². The molecule has 3 aromatic carbocycles. The van der Waals surface area contributed by atoms with Gasteiger partial charge in [-0.3, -0.25) is 14.4 Å². The van der Waals surface area contributed by atoms with Crippen molar-refractivity contribution in [3.63, 3.8) is 0 Å². The van der Waals surface area contributed by atoms with Crippen LogP contribution in [0.15, 0.2) is 94.8 Å². The number of benzene rings is 3. The first kappa shape index (κ1) is 21.6. The molecule has 8 nitrogen and oxygen atoms in total. The van der Waals surface area contributed by atoms with Crippen LogP contribution < -0.4 is 16.3 Å². The fraction of sp³-hybridized carbons (Fsp3) is 0.0800. The minimum absolute atomic E-state index is 0.208. The van der Waals surface area contributed by atoms with E-state index >= 15 is 0 Å². The van der Waals surface area contributed by atoms with Crippen molar-refractivity contribution in [2.45, 2.75) is 13.0 Å². The lowest BCUT2D eigenvalue weighted by Crippen LogP contribution is -2.40. The van der Waals surface area contributed by atoms with Gasteiger partial charge in [-0.05, 0) is 30.7 Å². The van der Waals surface area contributed by atoms with Crippen LogP contribution in [0.25, 0.3) is 10.8 Å². The maximum absolute atomic E-state index is 13.2. The van der Waals surface area contributed by atoms with Gasteiger partial charge in [0.15, 0.2) is 6.04 Å². The van der Waals surface area contributed by atoms with E-state index in [9.17, 15) is 14.4 Å². The van der Waals surface area contributed by atoms with Crippen LogP contribution in [0.4, 0.5) is 0 Å². The largest absolute Gasteiger partial charge is 0.335 e. The summed E-state index contributed by atoms with van der Waals surface area (Å²) in [5, 5.41) is 14.2. The van der Waals surface area contributed by atoms with E-state index in [1.807, 2.05) is 30.3 Å². The topological polar surface area (TPSA) is 116 Å². The second kappa shape index (κ2) is 9.69. The fourth-order valence-electron chi connectivity index (χ4n) is 3.37. The van der Waals surface area contributed by atoms with Crippen molar-refractivity contribution in [3.05, 3.63) is 112 Å². The van der Waals surface area contributed by atoms with Gasteiger partial charge in [0.2, 0.25) is 0 Å². The predicted molar refractivity (Wildman–Crippen MR) is 126 cm³/mol. The molecule has 1 unspecified atom stereocenters. The monoisotopic (exact) mass is 439 g/mol. The van der Waals surface area contributed by atoms with Crippen molar-refractivity contribution in [3.8, 4) is 0 Å². The quantitative estimate of drug-likeness (QED) is 0.316. The average Bonchev–Trinajstić information content (AvgIpc) is 2.87. The Labute approximate surface area is 189 Å². The lowest BCUT2D eigenvalue weighted by molar-refractivity contribution is -0.123. The molecule has 0 aliphatic carbocycles. The Morgan fingerprint density at radius 3 is 2.09 bits per heavy atom. The van der Waals surface area contributed by atoms with Gasteiger partial charge in [-0.15, -0.1) is 0 Å². The maximum atomic E-state index is 13.2. The maximum Gasteiger partial charge on any atom is 0.272 e. The van der Waals surface area contributed by atoms with Crippen LogP contribution in [0.1, 0.15) is 34.6 Å². The van der Waals surface area contributed by atoms with Gasteiger partial charge in [-0.25, -0.2) is 10.5 Å². The van der Waals surface area contributed by atoms with Crippen LogP contribution in [0.5, 0.6) is 0 Å². The second-order valence-electron chi connectivity index (χ2n) is 7.30. The summed E-state index contributed by atoms with van der Waals surface area (Å²) in [6.45, 7) is 1.76. The number of hydrogen-bond donors (Lipinski definition) is 3. The number of carbonyl (C=O) groups is 2. The van der Waals surface area contributed by atoms with Crippen LogP contribution in [-0.4, -0.2) is 27.7 Å². The second-order valence-corrected chi connectivity index (χ2v) is 7.30. The van der Waals surface area contributed by atoms with Gasteiger partial charge in [0.05, 0.1) is 11.1 Å². The van der Waals surface area contributed by atoms with E-state index in [4.69, 9.17) is 0 Å². The van der Waals surface area contributed by atoms with Gasteiger partial charge in [-0.1, -0.05) is 66.7 Å². The molecule has 0 aliphatic rings. The third kappa shape index (κ3) is 4.85. The summed E-state index contributed by atoms with van der Waals surface area (Å²) in [4.78, 5) is 38.3. The molecule has 0 fully saturated rings. The van der Waals surface area contributed by atoms with E-state index < -0.39 is 17.9 Å². The van der Waals surface area contributed by atoms with E-state index in [0.717, 1.165) is 5.56 Å². The number of nitrogens with zero attached hydrogens (tertiary/aromatic N) is 2. The third-order valence-electron chi connectivity index (χ3n) is 5.10. The molecule has 0 spiro atoms. The molecule has 8 heteroatoms. The molecule has 0 aliphatic heterocycles. The number of fused-ring (bicyclic) bond motifs is 1. The molecule has 4 aromatic rings. The summed E-state index contributed by atoms with van der Waals surface area (Å²) >= 11 is 0. The van der Waals surface area contributed by atoms with Crippen molar-refractivity contribution in [1.29, 1.82) is 0 Å². The van der Waals surface area contributed by atoms with E-state index in [1.54, 1.807) is 61.5 Å². The Hall–Kier alpha value is -4.59. The molecule has 1 heterocycles. The van der Waals surface area contributed by atoms with Crippen molar-refractivity contribution in [1.82, 2.24) is 20.9 Å². The summed E-state index contributed by atoms with van der Waals surface area (Å²) in [6.07, 6.45) is 0. The number of aromatic nitrogens is 2. The molecule has 0 saturated carbocycles. The summed E-state index contributed by atoms with van der Waals surface area (Å²) < 4.78 is 0. The van der Waals surface area contributed by atoms with Crippen molar-refractivity contribution >= 4 is 28.3 Å². The first-order valence-corrected chi connectivity index (χ1v) is 10.3. The lowest BCUT2D eigenvalue weighted by Gasteiger charge is -2.18. The Morgan fingerprint density at radius 1 is 0.848 bits per heavy atom. The number of amides is 2. The molecule has 0 bridgehead atoms. The van der Waals surface area contributed by atoms with E-state index in [-0.39, 0.29) is 11.3 Å². The first-order chi connectivity index (χ1) is 16.0. The Bertz CT molecular complexity index is 1380. The minimum Gasteiger partial charge on any atom is -0.335 e. The average molecular weight is 439 g/mol. The molecular weight excluding hydrogens is 418 g/mol. The summed E-state index contributed by atoms with van der Waals surface area (Å²) in [5.41, 5.74) is 4.16. The number of aromatic amines is 1. The van der Waals surface area contributed by atoms with Crippen molar-refractivity contribution in [2.75, 3.05) is 0 Å². The van der Waals surface area contributed by atoms with E-state index in [1.165, 1.54) is 0 Å². The molecule has 3 N–H and O–H groups in total. The zero-order valence-corrected chi connectivity index (χ0v) is 17.8. The highest BCUT2D eigenvalue weighted by Gasteiger charge is 2.27. The molecule has 1 aromatic heterocycles. The minimum atomic E-state index is -1.20. The standard InChI is InChI=1S/C25H21N5O3/c1-16(17-10-4-2-5-11-17)27-30-25(33)22(26-23(31)18-12-6-3-7-13-18)21-19-14-8-9-15-20(19)24(32)29-28-21/h2-15,22H,1H3,(H,26,31)(H,29,32)(H,30,33)/b27-16+. The van der Waals surface area contributed by atoms with Crippen LogP contribution in [0.2, 0.25) is 0 Å².